The number of methoxy groups -OCH3 is 1. The summed E-state index contributed by atoms with van der Waals surface area (Å²) in [5.41, 5.74) is 2.17. The smallest absolute Gasteiger partial charge is 0.280 e. The first-order chi connectivity index (χ1) is 15.6. The van der Waals surface area contributed by atoms with Crippen molar-refractivity contribution in [1.82, 2.24) is 19.7 Å². The predicted molar refractivity (Wildman–Crippen MR) is 117 cm³/mol. The molecule has 0 amide bonds. The molecule has 4 heterocycles. The van der Waals surface area contributed by atoms with E-state index in [0.29, 0.717) is 12.2 Å². The molecule has 0 unspecified atom stereocenters. The van der Waals surface area contributed by atoms with Gasteiger partial charge >= 0.3 is 0 Å². The zero-order chi connectivity index (χ0) is 21.7. The molecule has 8 nitrogen and oxygen atoms in total. The minimum atomic E-state index is -0.110. The van der Waals surface area contributed by atoms with E-state index in [0.717, 1.165) is 61.1 Å². The van der Waals surface area contributed by atoms with Gasteiger partial charge < -0.3 is 14.2 Å². The lowest BCUT2D eigenvalue weighted by atomic mass is 9.85. The average Bonchev–Trinajstić information content (AvgIpc) is 3.54. The quantitative estimate of drug-likeness (QED) is 0.627. The van der Waals surface area contributed by atoms with Gasteiger partial charge in [0.1, 0.15) is 11.6 Å². The number of rotatable bonds is 4. The molecule has 3 aromatic rings. The Hall–Kier alpha value is -3.39. The van der Waals surface area contributed by atoms with Gasteiger partial charge in [-0.2, -0.15) is 0 Å². The molecule has 32 heavy (non-hydrogen) atoms. The lowest BCUT2D eigenvalue weighted by Crippen LogP contribution is -2.33. The fourth-order valence-corrected chi connectivity index (χ4v) is 5.16. The first-order valence-electron chi connectivity index (χ1n) is 10.9. The van der Waals surface area contributed by atoms with Crippen LogP contribution in [-0.2, 0) is 18.5 Å². The number of likely N-dealkylation sites (tertiary alicyclic amines) is 1. The molecule has 1 fully saturated rings. The second-order valence-electron chi connectivity index (χ2n) is 8.74. The molecule has 0 N–H and O–H groups in total. The summed E-state index contributed by atoms with van der Waals surface area (Å²) in [7, 11) is 1.62. The maximum Gasteiger partial charge on any atom is 0.280 e. The Morgan fingerprint density at radius 1 is 1.03 bits per heavy atom. The standard InChI is InChI=1S/C24H24N4O4/c1-30-18-5-3-17(4-6-18)21-22(29)28-11-9-24(23(28)26-25-21)8-10-27(14-24)13-16-2-7-19-20(12-16)32-15-31-19/h2-7,12H,8-11,13-15H2,1H3/t24-/m0/s1. The molecule has 0 radical (unpaired) electrons. The third-order valence-electron chi connectivity index (χ3n) is 6.88. The van der Waals surface area contributed by atoms with Gasteiger partial charge in [0.05, 0.1) is 7.11 Å². The molecule has 1 saturated heterocycles. The maximum atomic E-state index is 13.2. The fraction of sp³-hybridized carbons (Fsp3) is 0.375. The Labute approximate surface area is 185 Å². The van der Waals surface area contributed by atoms with Crippen LogP contribution in [0.4, 0.5) is 0 Å². The number of ether oxygens (including phenoxy) is 3. The lowest BCUT2D eigenvalue weighted by molar-refractivity contribution is 0.174. The Morgan fingerprint density at radius 3 is 2.69 bits per heavy atom. The number of nitrogens with zero attached hydrogens (tertiary/aromatic N) is 4. The Balaban J connectivity index is 1.24. The molecule has 3 aliphatic rings. The van der Waals surface area contributed by atoms with Crippen molar-refractivity contribution >= 4 is 0 Å². The highest BCUT2D eigenvalue weighted by Gasteiger charge is 2.47. The van der Waals surface area contributed by atoms with Gasteiger partial charge in [0.2, 0.25) is 6.79 Å². The average molecular weight is 432 g/mol. The lowest BCUT2D eigenvalue weighted by Gasteiger charge is -2.23. The van der Waals surface area contributed by atoms with Crippen molar-refractivity contribution in [1.29, 1.82) is 0 Å². The molecule has 8 heteroatoms. The van der Waals surface area contributed by atoms with E-state index in [1.807, 2.05) is 34.9 Å². The van der Waals surface area contributed by atoms with Crippen molar-refractivity contribution in [2.24, 2.45) is 0 Å². The molecule has 6 rings (SSSR count). The Bertz CT molecular complexity index is 1240. The molecular weight excluding hydrogens is 408 g/mol. The predicted octanol–water partition coefficient (Wildman–Crippen LogP) is 2.59. The molecule has 164 valence electrons. The second kappa shape index (κ2) is 7.34. The first kappa shape index (κ1) is 19.3. The van der Waals surface area contributed by atoms with Crippen molar-refractivity contribution in [2.75, 3.05) is 27.0 Å². The second-order valence-corrected chi connectivity index (χ2v) is 8.74. The number of fused-ring (bicyclic) bond motifs is 3. The summed E-state index contributed by atoms with van der Waals surface area (Å²) >= 11 is 0. The normalized spacial score (nSPS) is 21.3. The van der Waals surface area contributed by atoms with Gasteiger partial charge in [-0.05, 0) is 61.3 Å². The van der Waals surface area contributed by atoms with Crippen LogP contribution in [0.2, 0.25) is 0 Å². The van der Waals surface area contributed by atoms with Crippen molar-refractivity contribution in [2.45, 2.75) is 31.3 Å². The van der Waals surface area contributed by atoms with Crippen molar-refractivity contribution in [3.05, 3.63) is 64.2 Å². The number of aromatic nitrogens is 3. The van der Waals surface area contributed by atoms with Crippen LogP contribution >= 0.6 is 0 Å². The van der Waals surface area contributed by atoms with Crippen LogP contribution in [-0.4, -0.2) is 46.7 Å². The maximum absolute atomic E-state index is 13.2. The minimum Gasteiger partial charge on any atom is -0.497 e. The van der Waals surface area contributed by atoms with Gasteiger partial charge in [0.25, 0.3) is 5.56 Å². The van der Waals surface area contributed by atoms with Crippen LogP contribution in [0.25, 0.3) is 11.3 Å². The van der Waals surface area contributed by atoms with Crippen molar-refractivity contribution in [3.8, 4) is 28.5 Å². The van der Waals surface area contributed by atoms with Crippen LogP contribution in [0.15, 0.2) is 47.3 Å². The van der Waals surface area contributed by atoms with E-state index < -0.39 is 0 Å². The van der Waals surface area contributed by atoms with Crippen molar-refractivity contribution < 1.29 is 14.2 Å². The molecule has 1 aromatic heterocycles. The van der Waals surface area contributed by atoms with E-state index in [-0.39, 0.29) is 17.8 Å². The zero-order valence-electron chi connectivity index (χ0n) is 17.9. The van der Waals surface area contributed by atoms with Crippen LogP contribution in [0.1, 0.15) is 24.2 Å². The molecule has 0 aliphatic carbocycles. The highest BCUT2D eigenvalue weighted by Crippen LogP contribution is 2.41. The minimum absolute atomic E-state index is 0.0636. The molecule has 3 aliphatic heterocycles. The summed E-state index contributed by atoms with van der Waals surface area (Å²) in [5.74, 6) is 3.19. The number of hydrogen-bond donors (Lipinski definition) is 0. The Morgan fingerprint density at radius 2 is 1.84 bits per heavy atom. The van der Waals surface area contributed by atoms with Crippen LogP contribution < -0.4 is 19.8 Å². The molecule has 2 aromatic carbocycles. The third-order valence-corrected chi connectivity index (χ3v) is 6.88. The number of hydrogen-bond acceptors (Lipinski definition) is 7. The van der Waals surface area contributed by atoms with Gasteiger partial charge in [0, 0.05) is 30.6 Å². The van der Waals surface area contributed by atoms with Crippen LogP contribution in [0.3, 0.4) is 0 Å². The SMILES string of the molecule is COc1ccc(-c2nnc3n(c2=O)CC[C@]32CCN(Cc3ccc4c(c3)OCO4)C2)cc1. The van der Waals surface area contributed by atoms with E-state index in [2.05, 4.69) is 27.2 Å². The third kappa shape index (κ3) is 3.05. The van der Waals surface area contributed by atoms with Crippen LogP contribution in [0, 0.1) is 0 Å². The summed E-state index contributed by atoms with van der Waals surface area (Å²) in [6.45, 7) is 3.64. The highest BCUT2D eigenvalue weighted by atomic mass is 16.7. The first-order valence-corrected chi connectivity index (χ1v) is 10.9. The molecule has 1 atom stereocenters. The van der Waals surface area contributed by atoms with Crippen LogP contribution in [0.5, 0.6) is 17.2 Å². The van der Waals surface area contributed by atoms with Gasteiger partial charge in [0.15, 0.2) is 17.2 Å². The summed E-state index contributed by atoms with van der Waals surface area (Å²) in [4.78, 5) is 15.7. The van der Waals surface area contributed by atoms with Crippen molar-refractivity contribution in [3.63, 3.8) is 0 Å². The molecule has 0 saturated carbocycles. The summed E-state index contributed by atoms with van der Waals surface area (Å²) < 4.78 is 18.0. The fourth-order valence-electron chi connectivity index (χ4n) is 5.16. The monoisotopic (exact) mass is 432 g/mol. The zero-order valence-corrected chi connectivity index (χ0v) is 17.9. The highest BCUT2D eigenvalue weighted by molar-refractivity contribution is 5.58. The summed E-state index contributed by atoms with van der Waals surface area (Å²) in [5, 5.41) is 8.95. The molecule has 1 spiro atoms. The van der Waals surface area contributed by atoms with E-state index in [1.165, 1.54) is 5.56 Å². The molecular formula is C24H24N4O4. The summed E-state index contributed by atoms with van der Waals surface area (Å²) in [6, 6.07) is 13.5. The molecule has 0 bridgehead atoms. The van der Waals surface area contributed by atoms with Gasteiger partial charge in [-0.1, -0.05) is 6.07 Å². The van der Waals surface area contributed by atoms with Gasteiger partial charge in [-0.15, -0.1) is 10.2 Å². The van der Waals surface area contributed by atoms with E-state index in [1.54, 1.807) is 7.11 Å². The summed E-state index contributed by atoms with van der Waals surface area (Å²) in [6.07, 6.45) is 1.90. The van der Waals surface area contributed by atoms with E-state index in [4.69, 9.17) is 14.2 Å². The number of benzene rings is 2. The van der Waals surface area contributed by atoms with E-state index in [9.17, 15) is 4.79 Å². The largest absolute Gasteiger partial charge is 0.497 e. The Kier molecular flexibility index (Phi) is 4.43. The topological polar surface area (TPSA) is 78.7 Å². The van der Waals surface area contributed by atoms with Gasteiger partial charge in [-0.3, -0.25) is 14.3 Å². The van der Waals surface area contributed by atoms with Gasteiger partial charge in [-0.25, -0.2) is 0 Å². The van der Waals surface area contributed by atoms with E-state index >= 15 is 0 Å².